The van der Waals surface area contributed by atoms with Crippen LogP contribution in [0.2, 0.25) is 0 Å². The SMILES string of the molecule is COCc1ccc(C(=O)Nc2ccc3[nH]c(=O)[nH]c3c2)cc1. The number of ether oxygens (including phenoxy) is 1. The minimum atomic E-state index is -0.271. The van der Waals surface area contributed by atoms with Gasteiger partial charge in [0.05, 0.1) is 17.6 Å². The van der Waals surface area contributed by atoms with E-state index in [-0.39, 0.29) is 11.6 Å². The van der Waals surface area contributed by atoms with E-state index >= 15 is 0 Å². The Bertz CT molecular complexity index is 862. The molecule has 1 heterocycles. The minimum Gasteiger partial charge on any atom is -0.380 e. The Morgan fingerprint density at radius 3 is 2.55 bits per heavy atom. The largest absolute Gasteiger partial charge is 0.380 e. The van der Waals surface area contributed by atoms with Gasteiger partial charge in [0, 0.05) is 18.4 Å². The first-order chi connectivity index (χ1) is 10.7. The standard InChI is InChI=1S/C16H15N3O3/c1-22-9-10-2-4-11(5-3-10)15(20)17-12-6-7-13-14(8-12)19-16(21)18-13/h2-8H,9H2,1H3,(H,17,20)(H2,18,19,21). The first-order valence-corrected chi connectivity index (χ1v) is 6.77. The van der Waals surface area contributed by atoms with Crippen LogP contribution in [-0.4, -0.2) is 23.0 Å². The van der Waals surface area contributed by atoms with Gasteiger partial charge in [0.15, 0.2) is 0 Å². The van der Waals surface area contributed by atoms with Crippen molar-refractivity contribution in [2.24, 2.45) is 0 Å². The molecule has 6 nitrogen and oxygen atoms in total. The van der Waals surface area contributed by atoms with Crippen LogP contribution in [0.5, 0.6) is 0 Å². The molecule has 0 aliphatic heterocycles. The van der Waals surface area contributed by atoms with Crippen LogP contribution < -0.4 is 11.0 Å². The van der Waals surface area contributed by atoms with Crippen LogP contribution in [0.15, 0.2) is 47.3 Å². The lowest BCUT2D eigenvalue weighted by Crippen LogP contribution is -2.11. The molecule has 0 saturated heterocycles. The second kappa shape index (κ2) is 5.87. The van der Waals surface area contributed by atoms with Gasteiger partial charge in [-0.15, -0.1) is 0 Å². The number of nitrogens with one attached hydrogen (secondary N) is 3. The highest BCUT2D eigenvalue weighted by atomic mass is 16.5. The van der Waals surface area contributed by atoms with E-state index in [2.05, 4.69) is 15.3 Å². The van der Waals surface area contributed by atoms with Gasteiger partial charge < -0.3 is 20.0 Å². The van der Waals surface area contributed by atoms with Crippen molar-refractivity contribution in [3.63, 3.8) is 0 Å². The summed E-state index contributed by atoms with van der Waals surface area (Å²) in [6, 6.07) is 12.4. The van der Waals surface area contributed by atoms with Crippen molar-refractivity contribution in [1.82, 2.24) is 9.97 Å². The molecule has 0 spiro atoms. The van der Waals surface area contributed by atoms with E-state index in [4.69, 9.17) is 4.74 Å². The maximum absolute atomic E-state index is 12.2. The summed E-state index contributed by atoms with van der Waals surface area (Å²) in [7, 11) is 1.63. The number of aromatic nitrogens is 2. The van der Waals surface area contributed by atoms with Crippen molar-refractivity contribution in [3.8, 4) is 0 Å². The average Bonchev–Trinajstić information content (AvgIpc) is 2.87. The molecule has 0 radical (unpaired) electrons. The zero-order chi connectivity index (χ0) is 15.5. The number of hydrogen-bond acceptors (Lipinski definition) is 3. The van der Waals surface area contributed by atoms with Crippen molar-refractivity contribution >= 4 is 22.6 Å². The number of amides is 1. The second-order valence-corrected chi connectivity index (χ2v) is 4.92. The summed E-state index contributed by atoms with van der Waals surface area (Å²) in [6.45, 7) is 0.513. The number of carbonyl (C=O) groups excluding carboxylic acids is 1. The number of aromatic amines is 2. The Balaban J connectivity index is 1.78. The van der Waals surface area contributed by atoms with Gasteiger partial charge in [-0.1, -0.05) is 12.1 Å². The molecule has 6 heteroatoms. The molecule has 3 rings (SSSR count). The van der Waals surface area contributed by atoms with Gasteiger partial charge in [-0.05, 0) is 35.9 Å². The summed E-state index contributed by atoms with van der Waals surface area (Å²) < 4.78 is 5.03. The molecule has 1 aromatic heterocycles. The topological polar surface area (TPSA) is 87.0 Å². The molecular formula is C16H15N3O3. The fourth-order valence-corrected chi connectivity index (χ4v) is 2.23. The van der Waals surface area contributed by atoms with Gasteiger partial charge in [0.1, 0.15) is 0 Å². The van der Waals surface area contributed by atoms with E-state index in [9.17, 15) is 9.59 Å². The molecule has 0 saturated carbocycles. The van der Waals surface area contributed by atoms with E-state index in [1.54, 1.807) is 37.4 Å². The molecule has 2 aromatic carbocycles. The predicted octanol–water partition coefficient (Wildman–Crippen LogP) is 2.25. The van der Waals surface area contributed by atoms with Crippen molar-refractivity contribution < 1.29 is 9.53 Å². The maximum atomic E-state index is 12.2. The Morgan fingerprint density at radius 1 is 1.09 bits per heavy atom. The van der Waals surface area contributed by atoms with Crippen LogP contribution in [0, 0.1) is 0 Å². The van der Waals surface area contributed by atoms with E-state index in [0.717, 1.165) is 5.56 Å². The summed E-state index contributed by atoms with van der Waals surface area (Å²) in [6.07, 6.45) is 0. The van der Waals surface area contributed by atoms with E-state index in [1.165, 1.54) is 0 Å². The van der Waals surface area contributed by atoms with Crippen molar-refractivity contribution in [3.05, 3.63) is 64.1 Å². The molecule has 0 unspecified atom stereocenters. The summed E-state index contributed by atoms with van der Waals surface area (Å²) in [5, 5.41) is 2.80. The van der Waals surface area contributed by atoms with Gasteiger partial charge >= 0.3 is 5.69 Å². The van der Waals surface area contributed by atoms with Crippen molar-refractivity contribution in [2.75, 3.05) is 12.4 Å². The van der Waals surface area contributed by atoms with Crippen LogP contribution in [0.4, 0.5) is 5.69 Å². The normalized spacial score (nSPS) is 10.8. The third-order valence-electron chi connectivity index (χ3n) is 3.30. The quantitative estimate of drug-likeness (QED) is 0.690. The van der Waals surface area contributed by atoms with Gasteiger partial charge in [-0.25, -0.2) is 4.79 Å². The number of H-pyrrole nitrogens is 2. The molecule has 0 atom stereocenters. The number of fused-ring (bicyclic) bond motifs is 1. The minimum absolute atomic E-state index is 0.207. The highest BCUT2D eigenvalue weighted by Crippen LogP contribution is 2.16. The van der Waals surface area contributed by atoms with E-state index < -0.39 is 0 Å². The first kappa shape index (κ1) is 14.1. The lowest BCUT2D eigenvalue weighted by atomic mass is 10.1. The number of methoxy groups -OCH3 is 1. The number of rotatable bonds is 4. The zero-order valence-corrected chi connectivity index (χ0v) is 12.0. The number of hydrogen-bond donors (Lipinski definition) is 3. The van der Waals surface area contributed by atoms with Crippen LogP contribution >= 0.6 is 0 Å². The molecule has 22 heavy (non-hydrogen) atoms. The van der Waals surface area contributed by atoms with Crippen molar-refractivity contribution in [1.29, 1.82) is 0 Å². The Kier molecular flexibility index (Phi) is 3.76. The molecule has 0 fully saturated rings. The fourth-order valence-electron chi connectivity index (χ4n) is 2.23. The molecule has 0 aliphatic carbocycles. The summed E-state index contributed by atoms with van der Waals surface area (Å²) >= 11 is 0. The molecule has 3 aromatic rings. The van der Waals surface area contributed by atoms with Gasteiger partial charge in [0.2, 0.25) is 0 Å². The van der Waals surface area contributed by atoms with E-state index in [1.807, 2.05) is 12.1 Å². The van der Waals surface area contributed by atoms with Crippen LogP contribution in [0.3, 0.4) is 0 Å². The third kappa shape index (κ3) is 2.91. The summed E-state index contributed by atoms with van der Waals surface area (Å²) in [4.78, 5) is 28.7. The second-order valence-electron chi connectivity index (χ2n) is 4.92. The number of imidazole rings is 1. The van der Waals surface area contributed by atoms with Crippen molar-refractivity contribution in [2.45, 2.75) is 6.61 Å². The zero-order valence-electron chi connectivity index (χ0n) is 12.0. The Morgan fingerprint density at radius 2 is 1.82 bits per heavy atom. The lowest BCUT2D eigenvalue weighted by Gasteiger charge is -2.06. The smallest absolute Gasteiger partial charge is 0.323 e. The predicted molar refractivity (Wildman–Crippen MR) is 84.0 cm³/mol. The Labute approximate surface area is 126 Å². The van der Waals surface area contributed by atoms with E-state index in [0.29, 0.717) is 28.9 Å². The molecule has 3 N–H and O–H groups in total. The average molecular weight is 297 g/mol. The summed E-state index contributed by atoms with van der Waals surface area (Å²) in [5.74, 6) is -0.207. The first-order valence-electron chi connectivity index (χ1n) is 6.77. The molecule has 0 aliphatic rings. The monoisotopic (exact) mass is 297 g/mol. The number of carbonyl (C=O) groups is 1. The lowest BCUT2D eigenvalue weighted by molar-refractivity contribution is 0.102. The van der Waals surface area contributed by atoms with Gasteiger partial charge in [0.25, 0.3) is 5.91 Å². The molecule has 0 bridgehead atoms. The van der Waals surface area contributed by atoms with Crippen LogP contribution in [0.25, 0.3) is 11.0 Å². The molecular weight excluding hydrogens is 282 g/mol. The highest BCUT2D eigenvalue weighted by molar-refractivity contribution is 6.04. The Hall–Kier alpha value is -2.86. The molecule has 1 amide bonds. The fraction of sp³-hybridized carbons (Fsp3) is 0.125. The third-order valence-corrected chi connectivity index (χ3v) is 3.30. The molecule has 112 valence electrons. The van der Waals surface area contributed by atoms with Crippen LogP contribution in [0.1, 0.15) is 15.9 Å². The summed E-state index contributed by atoms with van der Waals surface area (Å²) in [5.41, 5.74) is 3.26. The van der Waals surface area contributed by atoms with Gasteiger partial charge in [-0.3, -0.25) is 4.79 Å². The van der Waals surface area contributed by atoms with Crippen LogP contribution in [-0.2, 0) is 11.3 Å². The van der Waals surface area contributed by atoms with Gasteiger partial charge in [-0.2, -0.15) is 0 Å². The highest BCUT2D eigenvalue weighted by Gasteiger charge is 2.07. The number of benzene rings is 2. The maximum Gasteiger partial charge on any atom is 0.323 e. The number of anilines is 1.